The molecule has 0 aromatic rings. The minimum absolute atomic E-state index is 0.244. The van der Waals surface area contributed by atoms with E-state index in [9.17, 15) is 4.79 Å². The molecule has 0 aromatic heterocycles. The number of thiol groups is 1. The number of hydrogen-bond acceptors (Lipinski definition) is 3. The predicted molar refractivity (Wildman–Crippen MR) is 44.8 cm³/mol. The van der Waals surface area contributed by atoms with Gasteiger partial charge in [0.05, 0.1) is 0 Å². The first kappa shape index (κ1) is 9.52. The molecule has 0 bridgehead atoms. The molecule has 0 spiro atoms. The quantitative estimate of drug-likeness (QED) is 0.389. The maximum Gasteiger partial charge on any atom is 0.238 e. The van der Waals surface area contributed by atoms with Gasteiger partial charge >= 0.3 is 0 Å². The molecule has 0 rings (SSSR count). The Morgan fingerprint density at radius 1 is 1.80 bits per heavy atom. The van der Waals surface area contributed by atoms with E-state index in [1.54, 1.807) is 6.08 Å². The van der Waals surface area contributed by atoms with Crippen LogP contribution in [-0.2, 0) is 4.79 Å². The lowest BCUT2D eigenvalue weighted by molar-refractivity contribution is -0.122. The van der Waals surface area contributed by atoms with Crippen molar-refractivity contribution >= 4 is 18.5 Å². The van der Waals surface area contributed by atoms with E-state index in [0.29, 0.717) is 6.42 Å². The molecular weight excluding hydrogens is 148 g/mol. The molecule has 0 aliphatic heterocycles. The van der Waals surface area contributed by atoms with Crippen molar-refractivity contribution in [3.05, 3.63) is 12.7 Å². The molecule has 0 aromatic carbocycles. The second-order valence-electron chi connectivity index (χ2n) is 2.17. The van der Waals surface area contributed by atoms with Crippen molar-refractivity contribution in [1.82, 2.24) is 0 Å². The third-order valence-electron chi connectivity index (χ3n) is 1.28. The van der Waals surface area contributed by atoms with Gasteiger partial charge in [-0.05, 0) is 6.42 Å². The lowest BCUT2D eigenvalue weighted by atomic mass is 9.99. The number of primary amides is 1. The minimum Gasteiger partial charge on any atom is -0.368 e. The highest BCUT2D eigenvalue weighted by atomic mass is 32.1. The molecule has 1 amide bonds. The standard InChI is InChI=1S/C6H12N2OS/c1-2-3-6(8,4-10)5(7)9/h2,10H,1,3-4,8H2,(H2,7,9). The van der Waals surface area contributed by atoms with Gasteiger partial charge in [0.1, 0.15) is 5.54 Å². The summed E-state index contributed by atoms with van der Waals surface area (Å²) in [4.78, 5) is 10.6. The van der Waals surface area contributed by atoms with Gasteiger partial charge in [0.2, 0.25) is 5.91 Å². The second kappa shape index (κ2) is 3.63. The Bertz CT molecular complexity index is 149. The van der Waals surface area contributed by atoms with E-state index >= 15 is 0 Å². The van der Waals surface area contributed by atoms with Crippen molar-refractivity contribution in [1.29, 1.82) is 0 Å². The third-order valence-corrected chi connectivity index (χ3v) is 1.85. The predicted octanol–water partition coefficient (Wildman–Crippen LogP) is -0.325. The fourth-order valence-electron chi connectivity index (χ4n) is 0.501. The zero-order valence-corrected chi connectivity index (χ0v) is 6.60. The van der Waals surface area contributed by atoms with Gasteiger partial charge in [0.25, 0.3) is 0 Å². The summed E-state index contributed by atoms with van der Waals surface area (Å²) in [5, 5.41) is 0. The van der Waals surface area contributed by atoms with Gasteiger partial charge in [-0.15, -0.1) is 6.58 Å². The topological polar surface area (TPSA) is 69.1 Å². The van der Waals surface area contributed by atoms with Crippen LogP contribution >= 0.6 is 12.6 Å². The van der Waals surface area contributed by atoms with Gasteiger partial charge in [-0.2, -0.15) is 12.6 Å². The SMILES string of the molecule is C=CCC(N)(CS)C(N)=O. The summed E-state index contributed by atoms with van der Waals surface area (Å²) in [6, 6.07) is 0. The maximum absolute atomic E-state index is 10.6. The van der Waals surface area contributed by atoms with Gasteiger partial charge in [0.15, 0.2) is 0 Å². The molecule has 4 heteroatoms. The van der Waals surface area contributed by atoms with E-state index in [1.807, 2.05) is 0 Å². The number of amides is 1. The Morgan fingerprint density at radius 2 is 2.30 bits per heavy atom. The summed E-state index contributed by atoms with van der Waals surface area (Å²) in [5.41, 5.74) is 9.51. The molecule has 0 saturated carbocycles. The lowest BCUT2D eigenvalue weighted by Gasteiger charge is -2.21. The van der Waals surface area contributed by atoms with Crippen molar-refractivity contribution < 1.29 is 4.79 Å². The second-order valence-corrected chi connectivity index (χ2v) is 2.49. The first-order chi connectivity index (χ1) is 4.56. The van der Waals surface area contributed by atoms with Gasteiger partial charge < -0.3 is 11.5 Å². The summed E-state index contributed by atoms with van der Waals surface area (Å²) in [7, 11) is 0. The molecule has 58 valence electrons. The molecule has 1 unspecified atom stereocenters. The van der Waals surface area contributed by atoms with Crippen molar-refractivity contribution in [2.45, 2.75) is 12.0 Å². The van der Waals surface area contributed by atoms with E-state index in [4.69, 9.17) is 11.5 Å². The van der Waals surface area contributed by atoms with Crippen LogP contribution in [0.1, 0.15) is 6.42 Å². The van der Waals surface area contributed by atoms with Gasteiger partial charge in [-0.1, -0.05) is 6.08 Å². The Balaban J connectivity index is 4.21. The fraction of sp³-hybridized carbons (Fsp3) is 0.500. The van der Waals surface area contributed by atoms with Gasteiger partial charge in [-0.3, -0.25) is 4.79 Å². The average Bonchev–Trinajstić information content (AvgIpc) is 1.88. The van der Waals surface area contributed by atoms with Crippen LogP contribution in [0, 0.1) is 0 Å². The van der Waals surface area contributed by atoms with Gasteiger partial charge in [-0.25, -0.2) is 0 Å². The van der Waals surface area contributed by atoms with Crippen molar-refractivity contribution in [3.63, 3.8) is 0 Å². The minimum atomic E-state index is -1.02. The van der Waals surface area contributed by atoms with E-state index in [-0.39, 0.29) is 5.75 Å². The Hall–Kier alpha value is -0.480. The normalized spacial score (nSPS) is 15.8. The number of hydrogen-bond donors (Lipinski definition) is 3. The molecule has 0 radical (unpaired) electrons. The maximum atomic E-state index is 10.6. The molecular formula is C6H12N2OS. The van der Waals surface area contributed by atoms with E-state index in [0.717, 1.165) is 0 Å². The fourth-order valence-corrected chi connectivity index (χ4v) is 0.786. The Kier molecular flexibility index (Phi) is 3.46. The van der Waals surface area contributed by atoms with Crippen molar-refractivity contribution in [2.75, 3.05) is 5.75 Å². The number of carbonyl (C=O) groups excluding carboxylic acids is 1. The van der Waals surface area contributed by atoms with Crippen LogP contribution in [-0.4, -0.2) is 17.2 Å². The molecule has 3 nitrogen and oxygen atoms in total. The molecule has 0 aliphatic rings. The molecule has 0 saturated heterocycles. The number of rotatable bonds is 4. The summed E-state index contributed by atoms with van der Waals surface area (Å²) in [6.07, 6.45) is 1.92. The summed E-state index contributed by atoms with van der Waals surface area (Å²) in [6.45, 7) is 3.45. The summed E-state index contributed by atoms with van der Waals surface area (Å²) < 4.78 is 0. The largest absolute Gasteiger partial charge is 0.368 e. The molecule has 10 heavy (non-hydrogen) atoms. The Labute approximate surface area is 65.9 Å². The zero-order valence-electron chi connectivity index (χ0n) is 5.71. The highest BCUT2D eigenvalue weighted by Gasteiger charge is 2.28. The average molecular weight is 160 g/mol. The van der Waals surface area contributed by atoms with Gasteiger partial charge in [0, 0.05) is 5.75 Å². The zero-order chi connectivity index (χ0) is 8.20. The highest BCUT2D eigenvalue weighted by Crippen LogP contribution is 2.07. The van der Waals surface area contributed by atoms with Crippen molar-refractivity contribution in [2.24, 2.45) is 11.5 Å². The molecule has 0 fully saturated rings. The number of nitrogens with two attached hydrogens (primary N) is 2. The first-order valence-corrected chi connectivity index (χ1v) is 3.50. The lowest BCUT2D eigenvalue weighted by Crippen LogP contribution is -2.53. The third kappa shape index (κ3) is 2.04. The molecule has 1 atom stereocenters. The summed E-state index contributed by atoms with van der Waals surface area (Å²) >= 11 is 3.90. The van der Waals surface area contributed by atoms with Crippen LogP contribution in [0.2, 0.25) is 0 Å². The monoisotopic (exact) mass is 160 g/mol. The van der Waals surface area contributed by atoms with Crippen LogP contribution in [0.3, 0.4) is 0 Å². The van der Waals surface area contributed by atoms with Crippen LogP contribution in [0.25, 0.3) is 0 Å². The highest BCUT2D eigenvalue weighted by molar-refractivity contribution is 7.80. The van der Waals surface area contributed by atoms with Crippen LogP contribution in [0.5, 0.6) is 0 Å². The summed E-state index contributed by atoms with van der Waals surface area (Å²) in [5.74, 6) is -0.295. The van der Waals surface area contributed by atoms with E-state index in [2.05, 4.69) is 19.2 Å². The van der Waals surface area contributed by atoms with Crippen molar-refractivity contribution in [3.8, 4) is 0 Å². The van der Waals surface area contributed by atoms with E-state index in [1.165, 1.54) is 0 Å². The van der Waals surface area contributed by atoms with E-state index < -0.39 is 11.4 Å². The molecule has 0 aliphatic carbocycles. The molecule has 0 heterocycles. The first-order valence-electron chi connectivity index (χ1n) is 2.87. The van der Waals surface area contributed by atoms with Crippen LogP contribution in [0.15, 0.2) is 12.7 Å². The van der Waals surface area contributed by atoms with Crippen LogP contribution < -0.4 is 11.5 Å². The number of carbonyl (C=O) groups is 1. The van der Waals surface area contributed by atoms with Crippen LogP contribution in [0.4, 0.5) is 0 Å². The Morgan fingerprint density at radius 3 is 2.40 bits per heavy atom. The smallest absolute Gasteiger partial charge is 0.238 e. The molecule has 4 N–H and O–H groups in total.